The van der Waals surface area contributed by atoms with Crippen LogP contribution in [0.25, 0.3) is 10.9 Å². The van der Waals surface area contributed by atoms with Crippen molar-refractivity contribution in [3.8, 4) is 5.75 Å². The Kier molecular flexibility index (Phi) is 6.98. The molecule has 0 atom stereocenters. The van der Waals surface area contributed by atoms with Crippen LogP contribution in [-0.4, -0.2) is 29.0 Å². The Morgan fingerprint density at radius 2 is 1.69 bits per heavy atom. The highest BCUT2D eigenvalue weighted by atomic mass is 35.5. The number of rotatable bonds is 6. The summed E-state index contributed by atoms with van der Waals surface area (Å²) >= 11 is 6.09. The average Bonchev–Trinajstić information content (AvgIpc) is 3.18. The predicted octanol–water partition coefficient (Wildman–Crippen LogP) is 4.79. The molecule has 35 heavy (non-hydrogen) atoms. The number of hydrogen-bond acceptors (Lipinski definition) is 4. The Balaban J connectivity index is 1.59. The van der Waals surface area contributed by atoms with Crippen molar-refractivity contribution in [3.05, 3.63) is 89.3 Å². The van der Waals surface area contributed by atoms with Gasteiger partial charge in [-0.1, -0.05) is 17.7 Å². The van der Waals surface area contributed by atoms with Gasteiger partial charge in [0.15, 0.2) is 0 Å². The highest BCUT2D eigenvalue weighted by Crippen LogP contribution is 2.24. The molecule has 3 N–H and O–H groups in total. The van der Waals surface area contributed by atoms with Crippen LogP contribution in [0.3, 0.4) is 0 Å². The number of anilines is 2. The predicted molar refractivity (Wildman–Crippen MR) is 132 cm³/mol. The van der Waals surface area contributed by atoms with Gasteiger partial charge in [-0.05, 0) is 73.7 Å². The number of halogens is 2. The normalized spacial score (nSPS) is 10.6. The van der Waals surface area contributed by atoms with E-state index < -0.39 is 23.5 Å². The van der Waals surface area contributed by atoms with Gasteiger partial charge in [-0.2, -0.15) is 0 Å². The van der Waals surface area contributed by atoms with E-state index in [1.54, 1.807) is 42.5 Å². The van der Waals surface area contributed by atoms with Crippen molar-refractivity contribution >= 4 is 51.6 Å². The Labute approximate surface area is 204 Å². The lowest BCUT2D eigenvalue weighted by Crippen LogP contribution is -2.36. The summed E-state index contributed by atoms with van der Waals surface area (Å²) in [4.78, 5) is 38.1. The monoisotopic (exact) mass is 494 g/mol. The molecule has 4 rings (SSSR count). The van der Waals surface area contributed by atoms with Gasteiger partial charge in [0.2, 0.25) is 0 Å². The number of ether oxygens (including phenoxy) is 1. The van der Waals surface area contributed by atoms with Crippen LogP contribution in [0.1, 0.15) is 17.4 Å². The van der Waals surface area contributed by atoms with E-state index in [1.165, 1.54) is 28.9 Å². The molecule has 1 aromatic heterocycles. The number of hydrogen-bond donors (Lipinski definition) is 3. The van der Waals surface area contributed by atoms with Crippen LogP contribution >= 0.6 is 11.6 Å². The lowest BCUT2D eigenvalue weighted by Gasteiger charge is -2.13. The van der Waals surface area contributed by atoms with Crippen LogP contribution in [0.15, 0.2) is 72.8 Å². The van der Waals surface area contributed by atoms with E-state index in [4.69, 9.17) is 16.3 Å². The summed E-state index contributed by atoms with van der Waals surface area (Å²) in [5.74, 6) is -2.54. The number of benzene rings is 3. The molecule has 0 fully saturated rings. The number of carbonyl (C=O) groups is 3. The van der Waals surface area contributed by atoms with Crippen molar-refractivity contribution in [1.82, 2.24) is 4.68 Å². The molecule has 4 aromatic rings. The zero-order valence-electron chi connectivity index (χ0n) is 18.5. The first-order valence-corrected chi connectivity index (χ1v) is 10.9. The van der Waals surface area contributed by atoms with E-state index in [0.717, 1.165) is 6.07 Å². The van der Waals surface area contributed by atoms with Crippen molar-refractivity contribution in [3.63, 3.8) is 0 Å². The zero-order chi connectivity index (χ0) is 24.9. The molecule has 0 aliphatic rings. The van der Waals surface area contributed by atoms with E-state index in [0.29, 0.717) is 34.0 Å². The van der Waals surface area contributed by atoms with Crippen molar-refractivity contribution in [2.24, 2.45) is 0 Å². The summed E-state index contributed by atoms with van der Waals surface area (Å²) in [6.45, 7) is 2.38. The van der Waals surface area contributed by atoms with Gasteiger partial charge in [0.25, 0.3) is 5.91 Å². The maximum Gasteiger partial charge on any atom is 0.328 e. The molecule has 0 aliphatic heterocycles. The fourth-order valence-electron chi connectivity index (χ4n) is 3.38. The minimum Gasteiger partial charge on any atom is -0.494 e. The summed E-state index contributed by atoms with van der Waals surface area (Å²) in [5.41, 5.74) is 3.55. The summed E-state index contributed by atoms with van der Waals surface area (Å²) in [6.07, 6.45) is 0. The van der Waals surface area contributed by atoms with Gasteiger partial charge in [-0.3, -0.25) is 19.8 Å². The fourth-order valence-corrected chi connectivity index (χ4v) is 3.56. The molecule has 1 heterocycles. The minimum atomic E-state index is -1.06. The second kappa shape index (κ2) is 10.3. The molecule has 3 amide bonds. The lowest BCUT2D eigenvalue weighted by atomic mass is 10.2. The largest absolute Gasteiger partial charge is 0.494 e. The molecule has 178 valence electrons. The Bertz CT molecular complexity index is 1420. The maximum absolute atomic E-state index is 13.4. The summed E-state index contributed by atoms with van der Waals surface area (Å²) < 4.78 is 20.0. The summed E-state index contributed by atoms with van der Waals surface area (Å²) in [6, 6.07) is 18.3. The first-order chi connectivity index (χ1) is 16.8. The van der Waals surface area contributed by atoms with Crippen LogP contribution in [0.5, 0.6) is 5.75 Å². The number of aromatic nitrogens is 1. The van der Waals surface area contributed by atoms with Crippen molar-refractivity contribution in [1.29, 1.82) is 0 Å². The number of nitrogens with one attached hydrogen (secondary N) is 3. The van der Waals surface area contributed by atoms with E-state index >= 15 is 0 Å². The third-order valence-electron chi connectivity index (χ3n) is 4.92. The van der Waals surface area contributed by atoms with Crippen molar-refractivity contribution < 1.29 is 23.5 Å². The molecule has 0 unspecified atom stereocenters. The standard InChI is InChI=1S/C25H20ClFN4O4/c1-2-35-20-9-7-18(8-10-20)28-23(32)22-13-15-12-16(26)6-11-21(15)31(22)30-25(34)24(33)29-19-5-3-4-17(27)14-19/h3-14H,2H2,1H3,(H,28,32)(H,29,33)(H,30,34). The van der Waals surface area contributed by atoms with Gasteiger partial charge in [-0.25, -0.2) is 9.07 Å². The molecule has 0 spiro atoms. The Morgan fingerprint density at radius 1 is 0.914 bits per heavy atom. The van der Waals surface area contributed by atoms with Gasteiger partial charge in [0.05, 0.1) is 12.1 Å². The summed E-state index contributed by atoms with van der Waals surface area (Å²) in [7, 11) is 0. The van der Waals surface area contributed by atoms with Crippen LogP contribution in [0.4, 0.5) is 15.8 Å². The molecule has 0 radical (unpaired) electrons. The molecular formula is C25H20ClFN4O4. The van der Waals surface area contributed by atoms with E-state index in [1.807, 2.05) is 6.92 Å². The third-order valence-corrected chi connectivity index (χ3v) is 5.16. The quantitative estimate of drug-likeness (QED) is 0.335. The van der Waals surface area contributed by atoms with Crippen LogP contribution in [0, 0.1) is 5.82 Å². The minimum absolute atomic E-state index is 0.0584. The second-order valence-electron chi connectivity index (χ2n) is 7.39. The number of fused-ring (bicyclic) bond motifs is 1. The average molecular weight is 495 g/mol. The molecule has 3 aromatic carbocycles. The number of nitrogens with zero attached hydrogens (tertiary/aromatic N) is 1. The molecule has 8 nitrogen and oxygen atoms in total. The van der Waals surface area contributed by atoms with Crippen molar-refractivity contribution in [2.75, 3.05) is 22.7 Å². The zero-order valence-corrected chi connectivity index (χ0v) is 19.2. The molecular weight excluding hydrogens is 475 g/mol. The number of carbonyl (C=O) groups excluding carboxylic acids is 3. The molecule has 0 aliphatic carbocycles. The summed E-state index contributed by atoms with van der Waals surface area (Å²) in [5, 5.41) is 6.07. The molecule has 0 bridgehead atoms. The SMILES string of the molecule is CCOc1ccc(NC(=O)c2cc3cc(Cl)ccc3n2NC(=O)C(=O)Nc2cccc(F)c2)cc1. The maximum atomic E-state index is 13.4. The Morgan fingerprint density at radius 3 is 2.40 bits per heavy atom. The van der Waals surface area contributed by atoms with Gasteiger partial charge in [0.1, 0.15) is 17.3 Å². The second-order valence-corrected chi connectivity index (χ2v) is 7.82. The highest BCUT2D eigenvalue weighted by Gasteiger charge is 2.21. The van der Waals surface area contributed by atoms with Gasteiger partial charge in [0, 0.05) is 21.8 Å². The van der Waals surface area contributed by atoms with Gasteiger partial charge >= 0.3 is 11.8 Å². The Hall–Kier alpha value is -4.37. The fraction of sp³-hybridized carbons (Fsp3) is 0.0800. The first kappa shape index (κ1) is 23.8. The smallest absolute Gasteiger partial charge is 0.328 e. The molecule has 10 heteroatoms. The van der Waals surface area contributed by atoms with E-state index in [2.05, 4.69) is 16.1 Å². The third kappa shape index (κ3) is 5.59. The van der Waals surface area contributed by atoms with Gasteiger partial charge < -0.3 is 15.4 Å². The van der Waals surface area contributed by atoms with E-state index in [-0.39, 0.29) is 11.4 Å². The van der Waals surface area contributed by atoms with Crippen LogP contribution < -0.4 is 20.8 Å². The molecule has 0 saturated carbocycles. The van der Waals surface area contributed by atoms with Crippen molar-refractivity contribution in [2.45, 2.75) is 6.92 Å². The van der Waals surface area contributed by atoms with Crippen LogP contribution in [0.2, 0.25) is 5.02 Å². The first-order valence-electron chi connectivity index (χ1n) is 10.6. The lowest BCUT2D eigenvalue weighted by molar-refractivity contribution is -0.133. The molecule has 0 saturated heterocycles. The highest BCUT2D eigenvalue weighted by molar-refractivity contribution is 6.42. The number of amides is 3. The van der Waals surface area contributed by atoms with Gasteiger partial charge in [-0.15, -0.1) is 0 Å². The van der Waals surface area contributed by atoms with Crippen LogP contribution in [-0.2, 0) is 9.59 Å². The van der Waals surface area contributed by atoms with E-state index in [9.17, 15) is 18.8 Å². The topological polar surface area (TPSA) is 101 Å².